The summed E-state index contributed by atoms with van der Waals surface area (Å²) in [6, 6.07) is 13.4. The summed E-state index contributed by atoms with van der Waals surface area (Å²) < 4.78 is 15.7. The quantitative estimate of drug-likeness (QED) is 0.869. The summed E-state index contributed by atoms with van der Waals surface area (Å²) in [4.78, 5) is 13.5. The Labute approximate surface area is 129 Å². The van der Waals surface area contributed by atoms with Crippen molar-refractivity contribution in [2.75, 3.05) is 32.3 Å². The number of ether oxygens (including phenoxy) is 3. The molecule has 2 aromatic carbocycles. The van der Waals surface area contributed by atoms with E-state index >= 15 is 0 Å². The van der Waals surface area contributed by atoms with E-state index in [9.17, 15) is 4.79 Å². The van der Waals surface area contributed by atoms with E-state index in [1.54, 1.807) is 19.1 Å². The standard InChI is InChI=1S/C17H17NO4/c1-20-15-8-7-12(11-16(15)21-2)13-5-3-4-6-14(13)18-9-10-22-17(18)19/h3-8,11H,9-10H2,1-2H3. The largest absolute Gasteiger partial charge is 0.493 e. The first-order chi connectivity index (χ1) is 10.7. The highest BCUT2D eigenvalue weighted by Gasteiger charge is 2.25. The molecular weight excluding hydrogens is 282 g/mol. The van der Waals surface area contributed by atoms with Crippen LogP contribution in [0.1, 0.15) is 0 Å². The number of rotatable bonds is 4. The van der Waals surface area contributed by atoms with Gasteiger partial charge in [0.05, 0.1) is 26.5 Å². The zero-order valence-electron chi connectivity index (χ0n) is 12.5. The molecule has 0 spiro atoms. The van der Waals surface area contributed by atoms with Gasteiger partial charge in [-0.15, -0.1) is 0 Å². The van der Waals surface area contributed by atoms with Crippen molar-refractivity contribution in [1.82, 2.24) is 0 Å². The fourth-order valence-corrected chi connectivity index (χ4v) is 2.57. The second-order valence-electron chi connectivity index (χ2n) is 4.85. The van der Waals surface area contributed by atoms with Gasteiger partial charge in [-0.05, 0) is 23.8 Å². The van der Waals surface area contributed by atoms with Gasteiger partial charge in [0.15, 0.2) is 11.5 Å². The molecule has 0 saturated carbocycles. The fraction of sp³-hybridized carbons (Fsp3) is 0.235. The van der Waals surface area contributed by atoms with Crippen LogP contribution in [0.25, 0.3) is 11.1 Å². The molecule has 1 amide bonds. The molecule has 0 unspecified atom stereocenters. The van der Waals surface area contributed by atoms with Crippen LogP contribution in [0.5, 0.6) is 11.5 Å². The van der Waals surface area contributed by atoms with Gasteiger partial charge in [0.2, 0.25) is 0 Å². The number of hydrogen-bond acceptors (Lipinski definition) is 4. The molecular formula is C17H17NO4. The lowest BCUT2D eigenvalue weighted by Crippen LogP contribution is -2.23. The average Bonchev–Trinajstić information content (AvgIpc) is 3.00. The van der Waals surface area contributed by atoms with Crippen molar-refractivity contribution < 1.29 is 19.0 Å². The van der Waals surface area contributed by atoms with E-state index in [2.05, 4.69) is 0 Å². The van der Waals surface area contributed by atoms with Crippen molar-refractivity contribution in [2.24, 2.45) is 0 Å². The number of anilines is 1. The summed E-state index contributed by atoms with van der Waals surface area (Å²) in [7, 11) is 3.21. The fourth-order valence-electron chi connectivity index (χ4n) is 2.57. The van der Waals surface area contributed by atoms with Crippen LogP contribution in [0.15, 0.2) is 42.5 Å². The molecule has 0 atom stereocenters. The Bertz CT molecular complexity index is 699. The first-order valence-corrected chi connectivity index (χ1v) is 7.00. The summed E-state index contributed by atoms with van der Waals surface area (Å²) in [5.74, 6) is 1.32. The van der Waals surface area contributed by atoms with Crippen molar-refractivity contribution in [3.63, 3.8) is 0 Å². The van der Waals surface area contributed by atoms with Gasteiger partial charge in [0.25, 0.3) is 0 Å². The number of amides is 1. The highest BCUT2D eigenvalue weighted by molar-refractivity contribution is 5.95. The predicted octanol–water partition coefficient (Wildman–Crippen LogP) is 3.33. The van der Waals surface area contributed by atoms with Gasteiger partial charge in [-0.1, -0.05) is 24.3 Å². The molecule has 0 bridgehead atoms. The minimum Gasteiger partial charge on any atom is -0.493 e. The number of nitrogens with zero attached hydrogens (tertiary/aromatic N) is 1. The van der Waals surface area contributed by atoms with Crippen molar-refractivity contribution in [3.8, 4) is 22.6 Å². The van der Waals surface area contributed by atoms with Gasteiger partial charge < -0.3 is 14.2 Å². The Morgan fingerprint density at radius 2 is 1.82 bits per heavy atom. The van der Waals surface area contributed by atoms with Crippen LogP contribution < -0.4 is 14.4 Å². The van der Waals surface area contributed by atoms with Crippen LogP contribution in [0.4, 0.5) is 10.5 Å². The zero-order valence-corrected chi connectivity index (χ0v) is 12.5. The Morgan fingerprint density at radius 3 is 2.50 bits per heavy atom. The number of methoxy groups -OCH3 is 2. The number of hydrogen-bond donors (Lipinski definition) is 0. The van der Waals surface area contributed by atoms with Crippen molar-refractivity contribution in [1.29, 1.82) is 0 Å². The van der Waals surface area contributed by atoms with E-state index < -0.39 is 0 Å². The molecule has 114 valence electrons. The summed E-state index contributed by atoms with van der Waals surface area (Å²) in [5, 5.41) is 0. The topological polar surface area (TPSA) is 48.0 Å². The minimum atomic E-state index is -0.312. The number of carbonyl (C=O) groups is 1. The number of benzene rings is 2. The van der Waals surface area contributed by atoms with E-state index in [4.69, 9.17) is 14.2 Å². The Balaban J connectivity index is 2.07. The molecule has 0 N–H and O–H groups in total. The lowest BCUT2D eigenvalue weighted by molar-refractivity contribution is 0.181. The molecule has 5 nitrogen and oxygen atoms in total. The number of cyclic esters (lactones) is 1. The monoisotopic (exact) mass is 299 g/mol. The molecule has 5 heteroatoms. The van der Waals surface area contributed by atoms with Crippen molar-refractivity contribution in [3.05, 3.63) is 42.5 Å². The van der Waals surface area contributed by atoms with E-state index in [1.165, 1.54) is 0 Å². The third kappa shape index (κ3) is 2.45. The van der Waals surface area contributed by atoms with Crippen LogP contribution in [0, 0.1) is 0 Å². The third-order valence-electron chi connectivity index (χ3n) is 3.65. The van der Waals surface area contributed by atoms with Crippen LogP contribution in [-0.2, 0) is 4.74 Å². The smallest absolute Gasteiger partial charge is 0.414 e. The highest BCUT2D eigenvalue weighted by atomic mass is 16.6. The van der Waals surface area contributed by atoms with Crippen LogP contribution in [0.2, 0.25) is 0 Å². The van der Waals surface area contributed by atoms with Gasteiger partial charge in [-0.3, -0.25) is 4.90 Å². The maximum absolute atomic E-state index is 11.8. The zero-order chi connectivity index (χ0) is 15.5. The second-order valence-corrected chi connectivity index (χ2v) is 4.85. The molecule has 1 aliphatic rings. The van der Waals surface area contributed by atoms with E-state index in [-0.39, 0.29) is 6.09 Å². The molecule has 1 fully saturated rings. The Hall–Kier alpha value is -2.69. The van der Waals surface area contributed by atoms with Crippen LogP contribution in [0.3, 0.4) is 0 Å². The lowest BCUT2D eigenvalue weighted by atomic mass is 10.0. The van der Waals surface area contributed by atoms with Gasteiger partial charge in [0, 0.05) is 5.56 Å². The second kappa shape index (κ2) is 5.97. The highest BCUT2D eigenvalue weighted by Crippen LogP contribution is 2.37. The maximum Gasteiger partial charge on any atom is 0.414 e. The molecule has 1 heterocycles. The third-order valence-corrected chi connectivity index (χ3v) is 3.65. The molecule has 1 saturated heterocycles. The summed E-state index contributed by atoms with van der Waals surface area (Å²) in [6.07, 6.45) is -0.312. The molecule has 0 aliphatic carbocycles. The molecule has 0 radical (unpaired) electrons. The normalized spacial score (nSPS) is 13.9. The first kappa shape index (κ1) is 14.3. The molecule has 1 aliphatic heterocycles. The predicted molar refractivity (Wildman–Crippen MR) is 83.7 cm³/mol. The van der Waals surface area contributed by atoms with Gasteiger partial charge >= 0.3 is 6.09 Å². The van der Waals surface area contributed by atoms with E-state index in [0.717, 1.165) is 16.8 Å². The molecule has 3 rings (SSSR count). The maximum atomic E-state index is 11.8. The van der Waals surface area contributed by atoms with E-state index in [0.29, 0.717) is 24.7 Å². The first-order valence-electron chi connectivity index (χ1n) is 7.00. The van der Waals surface area contributed by atoms with Crippen LogP contribution >= 0.6 is 0 Å². The van der Waals surface area contributed by atoms with Gasteiger partial charge in [-0.25, -0.2) is 4.79 Å². The molecule has 0 aromatic heterocycles. The molecule has 22 heavy (non-hydrogen) atoms. The average molecular weight is 299 g/mol. The summed E-state index contributed by atoms with van der Waals surface area (Å²) in [6.45, 7) is 0.974. The van der Waals surface area contributed by atoms with Crippen molar-refractivity contribution >= 4 is 11.8 Å². The molecule has 2 aromatic rings. The minimum absolute atomic E-state index is 0.312. The van der Waals surface area contributed by atoms with Gasteiger partial charge in [0.1, 0.15) is 6.61 Å². The number of para-hydroxylation sites is 1. The van der Waals surface area contributed by atoms with Gasteiger partial charge in [-0.2, -0.15) is 0 Å². The SMILES string of the molecule is COc1ccc(-c2ccccc2N2CCOC2=O)cc1OC. The lowest BCUT2D eigenvalue weighted by Gasteiger charge is -2.18. The Morgan fingerprint density at radius 1 is 1.05 bits per heavy atom. The number of carbonyl (C=O) groups excluding carboxylic acids is 1. The summed E-state index contributed by atoms with van der Waals surface area (Å²) >= 11 is 0. The van der Waals surface area contributed by atoms with Crippen LogP contribution in [-0.4, -0.2) is 33.5 Å². The summed E-state index contributed by atoms with van der Waals surface area (Å²) in [5.41, 5.74) is 2.73. The van der Waals surface area contributed by atoms with Crippen molar-refractivity contribution in [2.45, 2.75) is 0 Å². The Kier molecular flexibility index (Phi) is 3.87. The van der Waals surface area contributed by atoms with E-state index in [1.807, 2.05) is 42.5 Å².